The van der Waals surface area contributed by atoms with Gasteiger partial charge in [-0.15, -0.1) is 0 Å². The van der Waals surface area contributed by atoms with E-state index in [0.717, 1.165) is 11.1 Å². The van der Waals surface area contributed by atoms with E-state index < -0.39 is 10.0 Å². The maximum absolute atomic E-state index is 12.8. The molecule has 0 aliphatic carbocycles. The van der Waals surface area contributed by atoms with Gasteiger partial charge in [-0.25, -0.2) is 8.42 Å². The molecule has 2 rings (SSSR count). The van der Waals surface area contributed by atoms with E-state index in [1.165, 1.54) is 4.31 Å². The van der Waals surface area contributed by atoms with Crippen molar-refractivity contribution >= 4 is 21.4 Å². The minimum atomic E-state index is -3.51. The molecule has 21 heavy (non-hydrogen) atoms. The van der Waals surface area contributed by atoms with Gasteiger partial charge in [0.1, 0.15) is 0 Å². The lowest BCUT2D eigenvalue weighted by Gasteiger charge is -2.21. The molecule has 0 saturated heterocycles. The molecule has 114 valence electrons. The molecule has 0 atom stereocenters. The van der Waals surface area contributed by atoms with Crippen molar-refractivity contribution in [1.29, 1.82) is 0 Å². The van der Waals surface area contributed by atoms with Gasteiger partial charge in [0.05, 0.1) is 11.5 Å². The van der Waals surface area contributed by atoms with Gasteiger partial charge in [0.25, 0.3) is 0 Å². The summed E-state index contributed by atoms with van der Waals surface area (Å²) in [5.41, 5.74) is 1.92. The lowest BCUT2D eigenvalue weighted by atomic mass is 10.2. The zero-order valence-corrected chi connectivity index (χ0v) is 13.8. The summed E-state index contributed by atoms with van der Waals surface area (Å²) in [6.07, 6.45) is 0. The highest BCUT2D eigenvalue weighted by Gasteiger charge is 2.24. The molecular formula is C15H19NO3S2. The van der Waals surface area contributed by atoms with Gasteiger partial charge in [-0.05, 0) is 47.0 Å². The van der Waals surface area contributed by atoms with Crippen molar-refractivity contribution < 1.29 is 13.2 Å². The fraction of sp³-hybridized carbons (Fsp3) is 0.333. The van der Waals surface area contributed by atoms with Crippen molar-refractivity contribution in [2.24, 2.45) is 0 Å². The molecule has 0 fully saturated rings. The van der Waals surface area contributed by atoms with Crippen LogP contribution >= 0.6 is 11.3 Å². The zero-order chi connectivity index (χ0) is 15.3. The maximum atomic E-state index is 12.8. The summed E-state index contributed by atoms with van der Waals surface area (Å²) < 4.78 is 32.1. The molecule has 1 heterocycles. The first kappa shape index (κ1) is 16.2. The second kappa shape index (κ2) is 7.17. The predicted molar refractivity (Wildman–Crippen MR) is 85.0 cm³/mol. The smallest absolute Gasteiger partial charge is 0.243 e. The fourth-order valence-corrected chi connectivity index (χ4v) is 4.17. The zero-order valence-electron chi connectivity index (χ0n) is 12.2. The molecule has 0 aliphatic rings. The monoisotopic (exact) mass is 325 g/mol. The molecular weight excluding hydrogens is 306 g/mol. The molecule has 0 radical (unpaired) electrons. The van der Waals surface area contributed by atoms with E-state index in [9.17, 15) is 8.42 Å². The minimum Gasteiger partial charge on any atom is -0.383 e. The van der Waals surface area contributed by atoms with Gasteiger partial charge >= 0.3 is 0 Å². The summed E-state index contributed by atoms with van der Waals surface area (Å²) in [7, 11) is -1.94. The normalized spacial score (nSPS) is 12.0. The molecule has 0 saturated carbocycles. The first-order valence-electron chi connectivity index (χ1n) is 6.61. The van der Waals surface area contributed by atoms with Gasteiger partial charge < -0.3 is 4.74 Å². The Bertz CT molecular complexity index is 666. The number of methoxy groups -OCH3 is 1. The van der Waals surface area contributed by atoms with Crippen LogP contribution in [-0.2, 0) is 21.3 Å². The van der Waals surface area contributed by atoms with Crippen LogP contribution in [0.2, 0.25) is 0 Å². The number of rotatable bonds is 7. The number of sulfonamides is 1. The molecule has 0 bridgehead atoms. The van der Waals surface area contributed by atoms with Gasteiger partial charge in [0.2, 0.25) is 10.0 Å². The lowest BCUT2D eigenvalue weighted by molar-refractivity contribution is 0.177. The lowest BCUT2D eigenvalue weighted by Crippen LogP contribution is -2.33. The Balaban J connectivity index is 2.29. The molecule has 0 unspecified atom stereocenters. The van der Waals surface area contributed by atoms with Crippen LogP contribution in [0.1, 0.15) is 11.1 Å². The number of hydrogen-bond donors (Lipinski definition) is 0. The first-order chi connectivity index (χ1) is 10.0. The molecule has 0 amide bonds. The van der Waals surface area contributed by atoms with E-state index in [-0.39, 0.29) is 0 Å². The van der Waals surface area contributed by atoms with Crippen LogP contribution in [0.5, 0.6) is 0 Å². The Morgan fingerprint density at radius 1 is 1.29 bits per heavy atom. The van der Waals surface area contributed by atoms with E-state index in [0.29, 0.717) is 24.6 Å². The maximum Gasteiger partial charge on any atom is 0.243 e. The Kier molecular flexibility index (Phi) is 5.52. The van der Waals surface area contributed by atoms with E-state index >= 15 is 0 Å². The van der Waals surface area contributed by atoms with Crippen LogP contribution in [0.15, 0.2) is 46.0 Å². The SMILES string of the molecule is COCCN(Cc1ccsc1)S(=O)(=O)c1cccc(C)c1. The highest BCUT2D eigenvalue weighted by Crippen LogP contribution is 2.20. The van der Waals surface area contributed by atoms with E-state index in [4.69, 9.17) is 4.74 Å². The number of ether oxygens (including phenoxy) is 1. The fourth-order valence-electron chi connectivity index (χ4n) is 1.99. The first-order valence-corrected chi connectivity index (χ1v) is 8.99. The van der Waals surface area contributed by atoms with E-state index in [1.807, 2.05) is 29.8 Å². The van der Waals surface area contributed by atoms with Crippen LogP contribution in [0.3, 0.4) is 0 Å². The van der Waals surface area contributed by atoms with Crippen LogP contribution in [-0.4, -0.2) is 33.0 Å². The molecule has 0 aliphatic heterocycles. The average molecular weight is 325 g/mol. The second-order valence-corrected chi connectivity index (χ2v) is 7.50. The molecule has 1 aromatic carbocycles. The third-order valence-corrected chi connectivity index (χ3v) is 5.68. The second-order valence-electron chi connectivity index (χ2n) is 4.78. The summed E-state index contributed by atoms with van der Waals surface area (Å²) in [5, 5.41) is 3.91. The summed E-state index contributed by atoms with van der Waals surface area (Å²) in [6.45, 7) is 2.96. The van der Waals surface area contributed by atoms with E-state index in [1.54, 1.807) is 36.6 Å². The Morgan fingerprint density at radius 3 is 2.71 bits per heavy atom. The molecule has 2 aromatic rings. The number of aryl methyl sites for hydroxylation is 1. The molecule has 1 aromatic heterocycles. The average Bonchev–Trinajstić information content (AvgIpc) is 2.96. The van der Waals surface area contributed by atoms with Crippen molar-refractivity contribution in [3.8, 4) is 0 Å². The summed E-state index contributed by atoms with van der Waals surface area (Å²) >= 11 is 1.56. The van der Waals surface area contributed by atoms with Crippen molar-refractivity contribution in [2.75, 3.05) is 20.3 Å². The largest absolute Gasteiger partial charge is 0.383 e. The highest BCUT2D eigenvalue weighted by molar-refractivity contribution is 7.89. The number of benzene rings is 1. The van der Waals surface area contributed by atoms with Gasteiger partial charge in [-0.3, -0.25) is 0 Å². The van der Waals surface area contributed by atoms with Crippen LogP contribution < -0.4 is 0 Å². The van der Waals surface area contributed by atoms with Gasteiger partial charge in [0.15, 0.2) is 0 Å². The van der Waals surface area contributed by atoms with Crippen molar-refractivity contribution in [3.05, 3.63) is 52.2 Å². The van der Waals surface area contributed by atoms with Crippen LogP contribution in [0.25, 0.3) is 0 Å². The van der Waals surface area contributed by atoms with Gasteiger partial charge in [0, 0.05) is 20.2 Å². The third kappa shape index (κ3) is 4.14. The van der Waals surface area contributed by atoms with Crippen molar-refractivity contribution in [2.45, 2.75) is 18.4 Å². The summed E-state index contributed by atoms with van der Waals surface area (Å²) in [5.74, 6) is 0. The standard InChI is InChI=1S/C15H19NO3S2/c1-13-4-3-5-15(10-13)21(17,18)16(7-8-19-2)11-14-6-9-20-12-14/h3-6,9-10,12H,7-8,11H2,1-2H3. The van der Waals surface area contributed by atoms with Crippen LogP contribution in [0, 0.1) is 6.92 Å². The topological polar surface area (TPSA) is 46.6 Å². The molecule has 4 nitrogen and oxygen atoms in total. The number of thiophene rings is 1. The minimum absolute atomic E-state index is 0.328. The Labute approximate surface area is 130 Å². The molecule has 0 N–H and O–H groups in total. The predicted octanol–water partition coefficient (Wildman–Crippen LogP) is 2.89. The third-order valence-electron chi connectivity index (χ3n) is 3.11. The molecule has 6 heteroatoms. The Morgan fingerprint density at radius 2 is 2.10 bits per heavy atom. The van der Waals surface area contributed by atoms with Crippen molar-refractivity contribution in [1.82, 2.24) is 4.31 Å². The van der Waals surface area contributed by atoms with Gasteiger partial charge in [-0.2, -0.15) is 15.6 Å². The van der Waals surface area contributed by atoms with Crippen LogP contribution in [0.4, 0.5) is 0 Å². The number of hydrogen-bond acceptors (Lipinski definition) is 4. The molecule has 0 spiro atoms. The van der Waals surface area contributed by atoms with Gasteiger partial charge in [-0.1, -0.05) is 12.1 Å². The highest BCUT2D eigenvalue weighted by atomic mass is 32.2. The summed E-state index contributed by atoms with van der Waals surface area (Å²) in [6, 6.07) is 8.92. The Hall–Kier alpha value is -1.21. The summed E-state index contributed by atoms with van der Waals surface area (Å²) in [4.78, 5) is 0.328. The quantitative estimate of drug-likeness (QED) is 0.786. The van der Waals surface area contributed by atoms with Crippen molar-refractivity contribution in [3.63, 3.8) is 0 Å². The van der Waals surface area contributed by atoms with E-state index in [2.05, 4.69) is 0 Å². The number of nitrogens with zero attached hydrogens (tertiary/aromatic N) is 1.